The molecule has 6 aromatic rings. The lowest BCUT2D eigenvalue weighted by atomic mass is 9.81. The molecule has 2 heteroatoms. The molecule has 0 atom stereocenters. The summed E-state index contributed by atoms with van der Waals surface area (Å²) < 4.78 is 0. The first-order valence-electron chi connectivity index (χ1n) is 17.1. The van der Waals surface area contributed by atoms with E-state index >= 15 is 0 Å². The van der Waals surface area contributed by atoms with Crippen LogP contribution in [0.5, 0.6) is 0 Å². The van der Waals surface area contributed by atoms with Gasteiger partial charge in [0.2, 0.25) is 0 Å². The minimum atomic E-state index is -0.0245. The smallest absolute Gasteiger partial charge is 0.0716 e. The second kappa shape index (κ2) is 11.5. The van der Waals surface area contributed by atoms with Gasteiger partial charge in [0.1, 0.15) is 0 Å². The van der Waals surface area contributed by atoms with Gasteiger partial charge in [-0.05, 0) is 97.3 Å². The fraction of sp³-hybridized carbons (Fsp3) is 0.149. The SMILES string of the molecule is C=N/C(=C\C(=N/C)c1ccc(-c2ccc3c(c2)C(C)(C)c2ccccc2-3)cc1)c1ccc(-c2ccc3c(c2)C(C)(C)c2ccccc2-3)cc1. The van der Waals surface area contributed by atoms with Crippen molar-refractivity contribution in [3.8, 4) is 44.5 Å². The highest BCUT2D eigenvalue weighted by Gasteiger charge is 2.36. The van der Waals surface area contributed by atoms with Gasteiger partial charge in [-0.25, -0.2) is 0 Å². The normalized spacial score (nSPS) is 15.3. The van der Waals surface area contributed by atoms with Crippen molar-refractivity contribution in [2.75, 3.05) is 7.05 Å². The molecule has 0 unspecified atom stereocenters. The average molecular weight is 633 g/mol. The molecule has 238 valence electrons. The zero-order valence-corrected chi connectivity index (χ0v) is 28.9. The molecule has 0 heterocycles. The van der Waals surface area contributed by atoms with Gasteiger partial charge in [-0.1, -0.05) is 149 Å². The van der Waals surface area contributed by atoms with Crippen LogP contribution >= 0.6 is 0 Å². The van der Waals surface area contributed by atoms with Gasteiger partial charge in [0.25, 0.3) is 0 Å². The summed E-state index contributed by atoms with van der Waals surface area (Å²) in [6.07, 6.45) is 2.03. The minimum Gasteiger partial charge on any atom is -0.288 e. The second-order valence-electron chi connectivity index (χ2n) is 14.3. The van der Waals surface area contributed by atoms with Crippen molar-refractivity contribution >= 4 is 18.1 Å². The third kappa shape index (κ3) is 4.94. The van der Waals surface area contributed by atoms with Crippen molar-refractivity contribution in [1.82, 2.24) is 0 Å². The van der Waals surface area contributed by atoms with E-state index in [0.29, 0.717) is 0 Å². The van der Waals surface area contributed by atoms with E-state index in [9.17, 15) is 0 Å². The molecule has 0 bridgehead atoms. The fourth-order valence-electron chi connectivity index (χ4n) is 8.06. The lowest BCUT2D eigenvalue weighted by molar-refractivity contribution is 0.660. The molecule has 49 heavy (non-hydrogen) atoms. The molecular weight excluding hydrogens is 593 g/mol. The van der Waals surface area contributed by atoms with Crippen LogP contribution in [0.1, 0.15) is 61.1 Å². The largest absolute Gasteiger partial charge is 0.288 e. The first-order valence-corrected chi connectivity index (χ1v) is 17.1. The number of hydrogen-bond donors (Lipinski definition) is 0. The maximum atomic E-state index is 4.64. The predicted octanol–water partition coefficient (Wildman–Crippen LogP) is 11.8. The Labute approximate surface area is 290 Å². The van der Waals surface area contributed by atoms with E-state index in [1.54, 1.807) is 0 Å². The summed E-state index contributed by atoms with van der Waals surface area (Å²) in [5.41, 5.74) is 19.4. The van der Waals surface area contributed by atoms with Gasteiger partial charge in [-0.15, -0.1) is 0 Å². The lowest BCUT2D eigenvalue weighted by Crippen LogP contribution is -2.14. The molecule has 0 amide bonds. The molecule has 6 aromatic carbocycles. The summed E-state index contributed by atoms with van der Waals surface area (Å²) in [6, 6.07) is 48.6. The Morgan fingerprint density at radius 1 is 0.490 bits per heavy atom. The van der Waals surface area contributed by atoms with Crippen molar-refractivity contribution in [3.05, 3.63) is 173 Å². The first kappa shape index (κ1) is 30.7. The monoisotopic (exact) mass is 632 g/mol. The van der Waals surface area contributed by atoms with E-state index in [-0.39, 0.29) is 10.8 Å². The molecule has 2 aliphatic carbocycles. The van der Waals surface area contributed by atoms with Gasteiger partial charge < -0.3 is 0 Å². The standard InChI is InChI=1S/C47H40N2/c1-46(2)40-13-9-7-11-36(40)38-25-23-34(27-42(38)46)30-15-19-32(20-16-30)44(48-5)29-45(49-6)33-21-17-31(18-22-33)35-24-26-39-37-12-8-10-14-41(37)47(3,4)43(39)28-35/h7-29H,5H2,1-4,6H3/b44-29-,49-45+. The van der Waals surface area contributed by atoms with Crippen molar-refractivity contribution in [2.45, 2.75) is 38.5 Å². The van der Waals surface area contributed by atoms with Crippen LogP contribution in [0.15, 0.2) is 150 Å². The van der Waals surface area contributed by atoms with Crippen molar-refractivity contribution in [3.63, 3.8) is 0 Å². The number of aliphatic imine (C=N–C) groups is 2. The van der Waals surface area contributed by atoms with Crippen LogP contribution in [0.2, 0.25) is 0 Å². The topological polar surface area (TPSA) is 24.7 Å². The van der Waals surface area contributed by atoms with Crippen LogP contribution in [0.4, 0.5) is 0 Å². The molecule has 0 radical (unpaired) electrons. The van der Waals surface area contributed by atoms with Gasteiger partial charge in [0.15, 0.2) is 0 Å². The maximum Gasteiger partial charge on any atom is 0.0716 e. The molecule has 0 fully saturated rings. The Hall–Kier alpha value is -5.60. The fourth-order valence-corrected chi connectivity index (χ4v) is 8.06. The summed E-state index contributed by atoms with van der Waals surface area (Å²) in [7, 11) is 1.83. The molecule has 2 nitrogen and oxygen atoms in total. The van der Waals surface area contributed by atoms with Crippen LogP contribution in [-0.4, -0.2) is 19.5 Å². The van der Waals surface area contributed by atoms with Crippen LogP contribution in [0.3, 0.4) is 0 Å². The summed E-state index contributed by atoms with van der Waals surface area (Å²) in [4.78, 5) is 9.07. The molecule has 0 saturated carbocycles. The molecule has 0 spiro atoms. The number of nitrogens with zero attached hydrogens (tertiary/aromatic N) is 2. The maximum absolute atomic E-state index is 4.64. The Kier molecular flexibility index (Phi) is 7.23. The Morgan fingerprint density at radius 2 is 0.898 bits per heavy atom. The van der Waals surface area contributed by atoms with Crippen LogP contribution in [0.25, 0.3) is 50.2 Å². The zero-order chi connectivity index (χ0) is 33.9. The number of fused-ring (bicyclic) bond motifs is 6. The average Bonchev–Trinajstić information content (AvgIpc) is 3.51. The molecule has 8 rings (SSSR count). The second-order valence-corrected chi connectivity index (χ2v) is 14.3. The zero-order valence-electron chi connectivity index (χ0n) is 28.9. The van der Waals surface area contributed by atoms with E-state index < -0.39 is 0 Å². The van der Waals surface area contributed by atoms with E-state index in [1.807, 2.05) is 13.1 Å². The van der Waals surface area contributed by atoms with E-state index in [1.165, 1.54) is 66.8 Å². The van der Waals surface area contributed by atoms with Crippen molar-refractivity contribution in [2.24, 2.45) is 9.98 Å². The molecule has 0 aromatic heterocycles. The van der Waals surface area contributed by atoms with E-state index in [4.69, 9.17) is 0 Å². The van der Waals surface area contributed by atoms with Gasteiger partial charge in [0, 0.05) is 23.4 Å². The number of benzene rings is 6. The number of allylic oxidation sites excluding steroid dienone is 1. The third-order valence-electron chi connectivity index (χ3n) is 10.9. The minimum absolute atomic E-state index is 0.0222. The number of hydrogen-bond acceptors (Lipinski definition) is 2. The van der Waals surface area contributed by atoms with Gasteiger partial charge in [-0.2, -0.15) is 0 Å². The first-order chi connectivity index (χ1) is 23.7. The number of rotatable bonds is 6. The van der Waals surface area contributed by atoms with Gasteiger partial charge in [-0.3, -0.25) is 9.98 Å². The highest BCUT2D eigenvalue weighted by atomic mass is 14.7. The van der Waals surface area contributed by atoms with Crippen LogP contribution in [-0.2, 0) is 10.8 Å². The van der Waals surface area contributed by atoms with Crippen LogP contribution in [0, 0.1) is 0 Å². The summed E-state index contributed by atoms with van der Waals surface area (Å²) in [5, 5.41) is 0. The Balaban J connectivity index is 1.04. The van der Waals surface area contributed by atoms with Crippen molar-refractivity contribution < 1.29 is 0 Å². The Bertz CT molecular complexity index is 2330. The van der Waals surface area contributed by atoms with Gasteiger partial charge in [0.05, 0.1) is 11.4 Å². The van der Waals surface area contributed by atoms with Gasteiger partial charge >= 0.3 is 0 Å². The van der Waals surface area contributed by atoms with Crippen molar-refractivity contribution in [1.29, 1.82) is 0 Å². The lowest BCUT2D eigenvalue weighted by Gasteiger charge is -2.22. The third-order valence-corrected chi connectivity index (χ3v) is 10.9. The summed E-state index contributed by atoms with van der Waals surface area (Å²) >= 11 is 0. The summed E-state index contributed by atoms with van der Waals surface area (Å²) in [5.74, 6) is 0. The molecule has 0 N–H and O–H groups in total. The molecule has 0 aliphatic heterocycles. The highest BCUT2D eigenvalue weighted by molar-refractivity contribution is 6.12. The molecule has 0 saturated heterocycles. The predicted molar refractivity (Wildman–Crippen MR) is 209 cm³/mol. The summed E-state index contributed by atoms with van der Waals surface area (Å²) in [6.45, 7) is 13.2. The molecular formula is C47H40N2. The van der Waals surface area contributed by atoms with Crippen LogP contribution < -0.4 is 0 Å². The quantitative estimate of drug-likeness (QED) is 0.163. The van der Waals surface area contributed by atoms with E-state index in [0.717, 1.165) is 22.5 Å². The van der Waals surface area contributed by atoms with E-state index in [2.05, 4.69) is 178 Å². The Morgan fingerprint density at radius 3 is 1.35 bits per heavy atom. The highest BCUT2D eigenvalue weighted by Crippen LogP contribution is 2.50. The molecule has 2 aliphatic rings.